The van der Waals surface area contributed by atoms with Crippen molar-refractivity contribution in [3.63, 3.8) is 0 Å². The number of hydrogen-bond donors (Lipinski definition) is 4. The zero-order valence-corrected chi connectivity index (χ0v) is 10.7. The second-order valence-corrected chi connectivity index (χ2v) is 3.96. The van der Waals surface area contributed by atoms with E-state index in [1.165, 1.54) is 12.8 Å². The Kier molecular flexibility index (Phi) is 9.33. The molecular weight excluding hydrogens is 391 g/mol. The summed E-state index contributed by atoms with van der Waals surface area (Å²) in [6, 6.07) is 0.562. The summed E-state index contributed by atoms with van der Waals surface area (Å²) in [5, 5.41) is 0. The van der Waals surface area contributed by atoms with Crippen LogP contribution in [0.1, 0.15) is 25.7 Å². The summed E-state index contributed by atoms with van der Waals surface area (Å²) in [6.07, 6.45) is 4.80. The molecule has 0 spiro atoms. The van der Waals surface area contributed by atoms with Gasteiger partial charge in [-0.1, -0.05) is 12.8 Å². The van der Waals surface area contributed by atoms with E-state index in [9.17, 15) is 0 Å². The second kappa shape index (κ2) is 7.73. The van der Waals surface area contributed by atoms with Crippen LogP contribution in [0.2, 0.25) is 0 Å². The SMILES string of the molecule is NC1CCCCC1N.O=S(=O)(O)O.[Pt]. The largest absolute Gasteiger partial charge is 0.394 e. The first kappa shape index (κ1) is 16.9. The molecule has 0 saturated heterocycles. The van der Waals surface area contributed by atoms with Gasteiger partial charge >= 0.3 is 10.4 Å². The fourth-order valence-corrected chi connectivity index (χ4v) is 1.19. The molecular formula is C6H16N2O4PtS. The minimum Gasteiger partial charge on any atom is -0.326 e. The summed E-state index contributed by atoms with van der Waals surface area (Å²) in [7, 11) is -4.67. The first-order valence-corrected chi connectivity index (χ1v) is 5.41. The summed E-state index contributed by atoms with van der Waals surface area (Å²) >= 11 is 0. The molecule has 14 heavy (non-hydrogen) atoms. The molecule has 8 heteroatoms. The van der Waals surface area contributed by atoms with Crippen molar-refractivity contribution in [3.05, 3.63) is 0 Å². The summed E-state index contributed by atoms with van der Waals surface area (Å²) in [6.45, 7) is 0. The Bertz CT molecular complexity index is 216. The molecule has 0 bridgehead atoms. The van der Waals surface area contributed by atoms with Crippen LogP contribution in [0.5, 0.6) is 0 Å². The Hall–Kier alpha value is 0.478. The van der Waals surface area contributed by atoms with Crippen LogP contribution >= 0.6 is 0 Å². The molecule has 0 aliphatic heterocycles. The van der Waals surface area contributed by atoms with E-state index in [1.807, 2.05) is 0 Å². The summed E-state index contributed by atoms with van der Waals surface area (Å²) < 4.78 is 31.6. The third kappa shape index (κ3) is 12.5. The maximum absolute atomic E-state index is 8.74. The quantitative estimate of drug-likeness (QED) is 0.404. The molecule has 90 valence electrons. The zero-order valence-electron chi connectivity index (χ0n) is 7.57. The van der Waals surface area contributed by atoms with Gasteiger partial charge in [0.1, 0.15) is 0 Å². The third-order valence-electron chi connectivity index (χ3n) is 1.87. The van der Waals surface area contributed by atoms with Gasteiger partial charge in [-0.3, -0.25) is 9.11 Å². The second-order valence-electron chi connectivity index (χ2n) is 3.06. The van der Waals surface area contributed by atoms with Gasteiger partial charge in [0.05, 0.1) is 0 Å². The maximum Gasteiger partial charge on any atom is 0.394 e. The Labute approximate surface area is 98.3 Å². The van der Waals surface area contributed by atoms with E-state index in [4.69, 9.17) is 29.0 Å². The molecule has 0 aromatic heterocycles. The predicted octanol–water partition coefficient (Wildman–Crippen LogP) is -0.440. The Morgan fingerprint density at radius 3 is 1.36 bits per heavy atom. The molecule has 1 rings (SSSR count). The van der Waals surface area contributed by atoms with Gasteiger partial charge in [-0.05, 0) is 12.8 Å². The minimum atomic E-state index is -4.67. The molecule has 2 atom stereocenters. The summed E-state index contributed by atoms with van der Waals surface area (Å²) in [5.41, 5.74) is 11.3. The normalized spacial score (nSPS) is 26.9. The molecule has 6 N–H and O–H groups in total. The minimum absolute atomic E-state index is 0. The zero-order chi connectivity index (χ0) is 10.5. The van der Waals surface area contributed by atoms with E-state index in [1.54, 1.807) is 0 Å². The van der Waals surface area contributed by atoms with E-state index < -0.39 is 10.4 Å². The van der Waals surface area contributed by atoms with Crippen molar-refractivity contribution in [1.29, 1.82) is 0 Å². The molecule has 1 saturated carbocycles. The van der Waals surface area contributed by atoms with Gasteiger partial charge in [0.15, 0.2) is 0 Å². The predicted molar refractivity (Wildman–Crippen MR) is 48.6 cm³/mol. The molecule has 1 aliphatic carbocycles. The standard InChI is InChI=1S/C6H14N2.H2O4S.Pt/c7-5-3-1-2-4-6(5)8;1-5(2,3)4;/h5-6H,1-4,7-8H2;(H2,1,2,3,4);. The summed E-state index contributed by atoms with van der Waals surface area (Å²) in [4.78, 5) is 0. The smallest absolute Gasteiger partial charge is 0.326 e. The molecule has 6 nitrogen and oxygen atoms in total. The van der Waals surface area contributed by atoms with Crippen LogP contribution in [0.4, 0.5) is 0 Å². The van der Waals surface area contributed by atoms with Gasteiger partial charge in [0.2, 0.25) is 0 Å². The van der Waals surface area contributed by atoms with Crippen molar-refractivity contribution >= 4 is 10.4 Å². The topological polar surface area (TPSA) is 127 Å². The maximum atomic E-state index is 8.74. The van der Waals surface area contributed by atoms with Crippen molar-refractivity contribution in [1.82, 2.24) is 0 Å². The molecule has 1 aliphatic rings. The number of hydrogen-bond acceptors (Lipinski definition) is 4. The van der Waals surface area contributed by atoms with E-state index in [0.29, 0.717) is 0 Å². The monoisotopic (exact) mass is 407 g/mol. The van der Waals surface area contributed by atoms with E-state index >= 15 is 0 Å². The van der Waals surface area contributed by atoms with Gasteiger partial charge in [-0.15, -0.1) is 0 Å². The molecule has 0 amide bonds. The van der Waals surface area contributed by atoms with Crippen LogP contribution in [-0.2, 0) is 31.5 Å². The molecule has 0 radical (unpaired) electrons. The van der Waals surface area contributed by atoms with Crippen LogP contribution < -0.4 is 11.5 Å². The Morgan fingerprint density at radius 2 is 1.21 bits per heavy atom. The van der Waals surface area contributed by atoms with Gasteiger partial charge < -0.3 is 11.5 Å². The van der Waals surface area contributed by atoms with Crippen LogP contribution in [0.15, 0.2) is 0 Å². The molecule has 0 aromatic carbocycles. The van der Waals surface area contributed by atoms with Crippen molar-refractivity contribution in [2.75, 3.05) is 0 Å². The Balaban J connectivity index is 0. The van der Waals surface area contributed by atoms with Crippen LogP contribution in [-0.4, -0.2) is 29.6 Å². The fraction of sp³-hybridized carbons (Fsp3) is 1.00. The Morgan fingerprint density at radius 1 is 1.00 bits per heavy atom. The van der Waals surface area contributed by atoms with Crippen LogP contribution in [0.3, 0.4) is 0 Å². The number of nitrogens with two attached hydrogens (primary N) is 2. The van der Waals surface area contributed by atoms with Crippen LogP contribution in [0, 0.1) is 0 Å². The fourth-order valence-electron chi connectivity index (χ4n) is 1.19. The van der Waals surface area contributed by atoms with Gasteiger partial charge in [-0.2, -0.15) is 8.42 Å². The number of rotatable bonds is 0. The third-order valence-corrected chi connectivity index (χ3v) is 1.87. The average Bonchev–Trinajstić information content (AvgIpc) is 1.92. The molecule has 0 heterocycles. The van der Waals surface area contributed by atoms with Gasteiger partial charge in [0.25, 0.3) is 0 Å². The van der Waals surface area contributed by atoms with Crippen molar-refractivity contribution in [3.8, 4) is 0 Å². The van der Waals surface area contributed by atoms with Crippen molar-refractivity contribution in [2.24, 2.45) is 11.5 Å². The van der Waals surface area contributed by atoms with Gasteiger partial charge in [-0.25, -0.2) is 0 Å². The molecule has 1 fully saturated rings. The molecule has 2 unspecified atom stereocenters. The average molecular weight is 407 g/mol. The van der Waals surface area contributed by atoms with Gasteiger partial charge in [0, 0.05) is 33.1 Å². The molecule has 0 aromatic rings. The van der Waals surface area contributed by atoms with E-state index in [2.05, 4.69) is 0 Å². The van der Waals surface area contributed by atoms with E-state index in [0.717, 1.165) is 12.8 Å². The van der Waals surface area contributed by atoms with Crippen LogP contribution in [0.25, 0.3) is 0 Å². The first-order chi connectivity index (χ1) is 5.80. The summed E-state index contributed by atoms with van der Waals surface area (Å²) in [5.74, 6) is 0. The van der Waals surface area contributed by atoms with Crippen molar-refractivity contribution < 1.29 is 38.6 Å². The first-order valence-electron chi connectivity index (χ1n) is 4.01. The van der Waals surface area contributed by atoms with Crippen molar-refractivity contribution in [2.45, 2.75) is 37.8 Å². The van der Waals surface area contributed by atoms with E-state index in [-0.39, 0.29) is 33.1 Å².